The summed E-state index contributed by atoms with van der Waals surface area (Å²) < 4.78 is 30.6. The predicted octanol–water partition coefficient (Wildman–Crippen LogP) is 18.4. The summed E-state index contributed by atoms with van der Waals surface area (Å²) in [5.74, 6) is 4.11. The number of allylic oxidation sites excluding steroid dienone is 4. The Hall–Kier alpha value is -8.87. The molecule has 0 radical (unpaired) electrons. The van der Waals surface area contributed by atoms with Crippen molar-refractivity contribution in [2.75, 3.05) is 43.3 Å². The smallest absolute Gasteiger partial charge is 0.343 e. The Balaban J connectivity index is 0.000000160. The number of hydrogen-bond acceptors (Lipinski definition) is 19. The first-order valence-corrected chi connectivity index (χ1v) is 38.1. The lowest BCUT2D eigenvalue weighted by Gasteiger charge is -2.14. The van der Waals surface area contributed by atoms with Gasteiger partial charge in [0.15, 0.2) is 38.9 Å². The van der Waals surface area contributed by atoms with E-state index in [-0.39, 0.29) is 28.8 Å². The number of ketones is 2. The second-order valence-electron chi connectivity index (χ2n) is 22.1. The topological polar surface area (TPSA) is 171 Å². The molecule has 1 amide bonds. The molecule has 2 N–H and O–H groups in total. The van der Waals surface area contributed by atoms with E-state index in [0.717, 1.165) is 65.8 Å². The van der Waals surface area contributed by atoms with Gasteiger partial charge in [-0.05, 0) is 169 Å². The molecule has 22 heteroatoms. The monoisotopic (exact) mass is 1520 g/mol. The summed E-state index contributed by atoms with van der Waals surface area (Å²) >= 11 is 25.2. The summed E-state index contributed by atoms with van der Waals surface area (Å²) in [4.78, 5) is 70.1. The summed E-state index contributed by atoms with van der Waals surface area (Å²) in [6.07, 6.45) is 10.3. The number of Topliss-reactive ketones (excluding diaryl/α,β-unsaturated/α-hetero) is 2. The van der Waals surface area contributed by atoms with Crippen LogP contribution in [0.3, 0.4) is 0 Å². The van der Waals surface area contributed by atoms with Gasteiger partial charge < -0.3 is 33.8 Å². The number of thiocarbonyl (C=S) groups is 2. The molecule has 12 rings (SSSR count). The van der Waals surface area contributed by atoms with Crippen LogP contribution >= 0.6 is 106 Å². The van der Waals surface area contributed by atoms with Crippen LogP contribution in [0.5, 0.6) is 34.5 Å². The number of halogens is 1. The molecule has 0 spiro atoms. The number of carbonyl (C=O) groups excluding carboxylic acids is 4. The molecule has 102 heavy (non-hydrogen) atoms. The van der Waals surface area contributed by atoms with Gasteiger partial charge in [0, 0.05) is 43.9 Å². The number of para-hydroxylation sites is 2. The van der Waals surface area contributed by atoms with Crippen molar-refractivity contribution in [3.8, 4) is 34.5 Å². The molecule has 520 valence electrons. The summed E-state index contributed by atoms with van der Waals surface area (Å²) in [5, 5.41) is 10.8. The third-order valence-electron chi connectivity index (χ3n) is 14.5. The number of ether oxygens (including phenoxy) is 5. The van der Waals surface area contributed by atoms with Gasteiger partial charge in [0.25, 0.3) is 11.5 Å². The number of thioether (sulfide) groups is 5. The average molecular weight is 1530 g/mol. The second-order valence-corrected chi connectivity index (χ2v) is 30.8. The van der Waals surface area contributed by atoms with Crippen LogP contribution in [0.15, 0.2) is 241 Å². The first-order valence-electron chi connectivity index (χ1n) is 31.7. The molecule has 8 aromatic carbocycles. The third-order valence-corrected chi connectivity index (χ3v) is 21.2. The number of carbonyl (C=O) groups is 4. The van der Waals surface area contributed by atoms with Crippen LogP contribution in [0.2, 0.25) is 5.02 Å². The fourth-order valence-corrected chi connectivity index (χ4v) is 15.4. The highest BCUT2D eigenvalue weighted by Crippen LogP contribution is 2.41. The number of rotatable bonds is 22. The Labute approximate surface area is 633 Å². The van der Waals surface area contributed by atoms with Crippen molar-refractivity contribution in [1.82, 2.24) is 4.98 Å². The van der Waals surface area contributed by atoms with E-state index >= 15 is 0 Å². The van der Waals surface area contributed by atoms with Gasteiger partial charge in [0.1, 0.15) is 11.5 Å². The zero-order valence-electron chi connectivity index (χ0n) is 55.7. The molecule has 0 bridgehead atoms. The summed E-state index contributed by atoms with van der Waals surface area (Å²) in [6.45, 7) is 16.9. The lowest BCUT2D eigenvalue weighted by atomic mass is 10.0. The zero-order chi connectivity index (χ0) is 72.5. The van der Waals surface area contributed by atoms with E-state index in [9.17, 15) is 29.1 Å². The predicted molar refractivity (Wildman–Crippen MR) is 433 cm³/mol. The van der Waals surface area contributed by atoms with Crippen LogP contribution in [0, 0.1) is 6.92 Å². The van der Waals surface area contributed by atoms with E-state index < -0.39 is 5.97 Å². The van der Waals surface area contributed by atoms with E-state index in [2.05, 4.69) is 55.9 Å². The van der Waals surface area contributed by atoms with Gasteiger partial charge in [-0.15, -0.1) is 41.4 Å². The maximum atomic E-state index is 12.9. The van der Waals surface area contributed by atoms with Gasteiger partial charge in [-0.3, -0.25) is 24.1 Å². The van der Waals surface area contributed by atoms with Crippen LogP contribution in [-0.4, -0.2) is 80.5 Å². The quantitative estimate of drug-likeness (QED) is 0.0125. The molecule has 3 aliphatic heterocycles. The molecule has 0 saturated carbocycles. The minimum Gasteiger partial charge on any atom is -0.504 e. The van der Waals surface area contributed by atoms with Crippen LogP contribution < -0.4 is 43.3 Å². The number of H-pyrrole nitrogens is 1. The third kappa shape index (κ3) is 23.1. The number of methoxy groups -OCH3 is 1. The van der Waals surface area contributed by atoms with Crippen LogP contribution in [0.25, 0.3) is 30.9 Å². The van der Waals surface area contributed by atoms with E-state index in [1.807, 2.05) is 134 Å². The van der Waals surface area contributed by atoms with Crippen molar-refractivity contribution in [3.05, 3.63) is 290 Å². The fourth-order valence-electron chi connectivity index (χ4n) is 9.65. The molecule has 3 fully saturated rings. The number of hydrogen-bond donors (Lipinski definition) is 2. The zero-order valence-corrected chi connectivity index (χ0v) is 63.0. The summed E-state index contributed by atoms with van der Waals surface area (Å²) in [7, 11) is 1.49. The SMILES string of the molecule is C=C1CC(=O)C(=Cc2ccccc2OCCSc2ccc(C)cc2)S1.C=CCc1cc(/C=C2/SC(=S)CC2=O)cc(OC)c1O.C=c1[nH]c(=O)c(=Cc2ccc(OCCSc3ccc(Cl)cc3)cc2)s1.CCOc1cc(C=C2SC(=S)N(c3ccccc3)C2=O)ccc1OC(=O)c1ccccc1. The molecule has 0 unspecified atom stereocenters. The minimum absolute atomic E-state index is 0.0392. The number of aryl methyl sites for hydroxylation is 1. The van der Waals surface area contributed by atoms with Gasteiger partial charge in [-0.2, -0.15) is 0 Å². The molecule has 9 aromatic rings. The molecule has 0 aliphatic carbocycles. The van der Waals surface area contributed by atoms with Gasteiger partial charge in [0.05, 0.1) is 72.7 Å². The van der Waals surface area contributed by atoms with Crippen molar-refractivity contribution in [3.63, 3.8) is 0 Å². The van der Waals surface area contributed by atoms with Crippen molar-refractivity contribution >= 4 is 175 Å². The van der Waals surface area contributed by atoms with Crippen LogP contribution in [-0.2, 0) is 20.8 Å². The number of benzene rings is 8. The Bertz CT molecular complexity index is 4810. The Morgan fingerprint density at radius 1 is 0.647 bits per heavy atom. The molecule has 3 saturated heterocycles. The van der Waals surface area contributed by atoms with E-state index in [0.29, 0.717) is 95.0 Å². The van der Waals surface area contributed by atoms with Crippen molar-refractivity contribution in [1.29, 1.82) is 0 Å². The Morgan fingerprint density at radius 2 is 1.26 bits per heavy atom. The van der Waals surface area contributed by atoms with Gasteiger partial charge in [-0.25, -0.2) is 4.79 Å². The Morgan fingerprint density at radius 3 is 1.89 bits per heavy atom. The highest BCUT2D eigenvalue weighted by Gasteiger charge is 2.33. The molecular formula is C80H69ClN2O11S8. The molecular weight excluding hydrogens is 1460 g/mol. The number of phenols is 1. The lowest BCUT2D eigenvalue weighted by Crippen LogP contribution is -2.27. The highest BCUT2D eigenvalue weighted by atomic mass is 35.5. The minimum atomic E-state index is -0.469. The number of aromatic amines is 1. The number of esters is 1. The van der Waals surface area contributed by atoms with E-state index in [1.165, 1.54) is 74.0 Å². The van der Waals surface area contributed by atoms with Gasteiger partial charge in [0.2, 0.25) is 0 Å². The number of aromatic hydroxyl groups is 1. The number of phenolic OH excluding ortho intramolecular Hbond substituents is 1. The number of aromatic nitrogens is 1. The van der Waals surface area contributed by atoms with E-state index in [4.69, 9.17) is 59.7 Å². The van der Waals surface area contributed by atoms with Crippen molar-refractivity contribution in [2.45, 2.75) is 42.9 Å². The lowest BCUT2D eigenvalue weighted by molar-refractivity contribution is -0.114. The summed E-state index contributed by atoms with van der Waals surface area (Å²) in [5.41, 5.74) is 6.49. The number of nitrogens with zero attached hydrogens (tertiary/aromatic N) is 1. The largest absolute Gasteiger partial charge is 0.504 e. The van der Waals surface area contributed by atoms with Crippen molar-refractivity contribution in [2.24, 2.45) is 0 Å². The standard InChI is InChI=1S/C25H19NO4S2.C21H20O2S2.C19H16ClNO2S2.C15H14O3S2/c1-2-29-21-15-17(13-14-20(21)30-24(28)18-9-5-3-6-10-18)16-22-23(27)26(25(31)32-22)19-11-7-4-8-12-19;1-15-7-9-18(10-8-15)24-12-11-23-20-6-4-3-5-17(20)14-21-19(22)13-16(2)25-21;1-13-21-19(22)18(25-13)12-14-2-6-16(7-3-14)23-10-11-24-17-8-4-15(20)5-9-17;1-3-4-10-5-9(6-12(18-2)15(10)17)7-13-11(16)8-14(19)20-13/h3-16H,2H2,1H3;3-10,14H,2,11-13H2,1H3;2-9,12H,1,10-11H2,(H,21,22);3,5-7,17H,1,4,8H2,2H3/b;;;13-7+. The van der Waals surface area contributed by atoms with Crippen LogP contribution in [0.4, 0.5) is 5.69 Å². The van der Waals surface area contributed by atoms with Gasteiger partial charge in [-0.1, -0.05) is 181 Å². The number of amides is 1. The molecule has 0 atom stereocenters. The fraction of sp³-hybridized carbons (Fsp3) is 0.138. The number of thiazole rings is 1. The highest BCUT2D eigenvalue weighted by molar-refractivity contribution is 8.27. The maximum Gasteiger partial charge on any atom is 0.343 e. The molecule has 4 heterocycles. The van der Waals surface area contributed by atoms with Crippen molar-refractivity contribution < 1.29 is 48.0 Å². The first kappa shape index (κ1) is 77.3. The maximum absolute atomic E-state index is 12.9. The number of nitrogens with one attached hydrogen (secondary N) is 1. The van der Waals surface area contributed by atoms with Gasteiger partial charge >= 0.3 is 5.97 Å². The summed E-state index contributed by atoms with van der Waals surface area (Å²) in [6, 6.07) is 58.5. The van der Waals surface area contributed by atoms with E-state index in [1.54, 1.807) is 90.3 Å². The number of anilines is 1. The molecule has 1 aromatic heterocycles. The Kier molecular flexibility index (Phi) is 29.5. The normalized spacial score (nSPS) is 14.6. The molecule has 13 nitrogen and oxygen atoms in total. The first-order chi connectivity index (χ1) is 49.3. The molecule has 3 aliphatic rings. The van der Waals surface area contributed by atoms with Crippen LogP contribution in [0.1, 0.15) is 63.5 Å². The average Bonchev–Trinajstić information content (AvgIpc) is 1.52. The second kappa shape index (κ2) is 39.0.